The van der Waals surface area contributed by atoms with Crippen LogP contribution in [0.3, 0.4) is 0 Å². The van der Waals surface area contributed by atoms with Crippen molar-refractivity contribution in [2.24, 2.45) is 14.1 Å². The predicted octanol–water partition coefficient (Wildman–Crippen LogP) is 6.49. The number of urea groups is 2. The van der Waals surface area contributed by atoms with E-state index >= 15 is 0 Å². The number of aryl methyl sites for hydroxylation is 4. The van der Waals surface area contributed by atoms with E-state index in [-0.39, 0.29) is 38.2 Å². The van der Waals surface area contributed by atoms with Crippen LogP contribution in [0.4, 0.5) is 21.2 Å². The minimum absolute atomic E-state index is 0. The van der Waals surface area contributed by atoms with Gasteiger partial charge < -0.3 is 19.3 Å². The fraction of sp³-hybridized carbons (Fsp3) is 0.450. The van der Waals surface area contributed by atoms with Gasteiger partial charge in [0, 0.05) is 80.9 Å². The number of para-hydroxylation sites is 1. The van der Waals surface area contributed by atoms with Crippen molar-refractivity contribution >= 4 is 23.7 Å². The van der Waals surface area contributed by atoms with Crippen molar-refractivity contribution in [3.05, 3.63) is 105 Å². The molecule has 2 N–H and O–H groups in total. The Morgan fingerprint density at radius 2 is 1.17 bits per heavy atom. The van der Waals surface area contributed by atoms with E-state index in [2.05, 4.69) is 39.9 Å². The maximum Gasteiger partial charge on any atom is 0.323 e. The highest BCUT2D eigenvalue weighted by Crippen LogP contribution is 2.23. The zero-order valence-electron chi connectivity index (χ0n) is 32.3. The Morgan fingerprint density at radius 1 is 0.704 bits per heavy atom. The molecule has 4 amide bonds. The van der Waals surface area contributed by atoms with Gasteiger partial charge in [-0.2, -0.15) is 10.2 Å². The van der Waals surface area contributed by atoms with Gasteiger partial charge in [-0.05, 0) is 54.8 Å². The van der Waals surface area contributed by atoms with Gasteiger partial charge in [0.1, 0.15) is 23.7 Å². The van der Waals surface area contributed by atoms with Crippen LogP contribution in [-0.2, 0) is 20.5 Å². The number of carbonyl (C=O) groups excluding carboxylic acids is 2. The second-order valence-electron chi connectivity index (χ2n) is 13.0. The predicted molar refractivity (Wildman–Crippen MR) is 215 cm³/mol. The van der Waals surface area contributed by atoms with E-state index in [1.165, 1.54) is 39.2 Å². The average molecular weight is 747 g/mol. The first-order valence-electron chi connectivity index (χ1n) is 18.8. The third kappa shape index (κ3) is 12.2. The van der Waals surface area contributed by atoms with E-state index in [9.17, 15) is 19.2 Å². The number of likely N-dealkylation sites (tertiary alicyclic amines) is 2. The number of carbonyl (C=O) groups is 2. The lowest BCUT2D eigenvalue weighted by Crippen LogP contribution is -2.44. The lowest BCUT2D eigenvalue weighted by Gasteiger charge is -2.32. The lowest BCUT2D eigenvalue weighted by atomic mass is 10.1. The Labute approximate surface area is 320 Å². The first-order valence-corrected chi connectivity index (χ1v) is 18.8. The molecule has 0 bridgehead atoms. The van der Waals surface area contributed by atoms with Gasteiger partial charge in [-0.25, -0.2) is 19.0 Å². The molecule has 2 saturated heterocycles. The SMILES string of the molecule is CC.CCCc1ccc(OC2CCN(C(=O)Nc3ccc(=O)n(C)n3)CC2)cc1.Cc1ccccc1OC1CCN(C(=O)Nc2ccc(=O)n(C)n2)CC1.[HH].[HH]. The number of anilines is 2. The van der Waals surface area contributed by atoms with E-state index in [1.54, 1.807) is 23.9 Å². The number of amides is 4. The van der Waals surface area contributed by atoms with Crippen molar-refractivity contribution in [2.45, 2.75) is 78.4 Å². The molecule has 2 aromatic carbocycles. The fourth-order valence-corrected chi connectivity index (χ4v) is 5.95. The summed E-state index contributed by atoms with van der Waals surface area (Å²) in [5, 5.41) is 13.5. The molecule has 2 aliphatic rings. The Bertz CT molecular complexity index is 1930. The maximum absolute atomic E-state index is 12.4. The van der Waals surface area contributed by atoms with Gasteiger partial charge in [0.05, 0.1) is 0 Å². The van der Waals surface area contributed by atoms with E-state index in [1.807, 2.05) is 57.2 Å². The van der Waals surface area contributed by atoms with Crippen LogP contribution in [0.1, 0.15) is 66.9 Å². The highest BCUT2D eigenvalue weighted by Gasteiger charge is 2.26. The van der Waals surface area contributed by atoms with Crippen LogP contribution in [0, 0.1) is 6.92 Å². The summed E-state index contributed by atoms with van der Waals surface area (Å²) in [7, 11) is 3.10. The molecule has 0 aliphatic carbocycles. The Balaban J connectivity index is 0.000000359. The minimum atomic E-state index is -0.216. The van der Waals surface area contributed by atoms with Gasteiger partial charge in [0.25, 0.3) is 11.1 Å². The second kappa shape index (κ2) is 20.5. The molecule has 294 valence electrons. The van der Waals surface area contributed by atoms with Crippen LogP contribution in [0.15, 0.2) is 82.4 Å². The van der Waals surface area contributed by atoms with Crippen LogP contribution in [0.5, 0.6) is 11.5 Å². The van der Waals surface area contributed by atoms with Crippen LogP contribution >= 0.6 is 0 Å². The molecular weight excluding hydrogens is 688 g/mol. The number of rotatable bonds is 8. The molecule has 6 rings (SSSR count). The van der Waals surface area contributed by atoms with Crippen molar-refractivity contribution in [1.82, 2.24) is 29.4 Å². The molecule has 4 aromatic rings. The van der Waals surface area contributed by atoms with Crippen LogP contribution in [0.2, 0.25) is 0 Å². The second-order valence-corrected chi connectivity index (χ2v) is 13.0. The summed E-state index contributed by atoms with van der Waals surface area (Å²) < 4.78 is 14.5. The summed E-state index contributed by atoms with van der Waals surface area (Å²) in [5.41, 5.74) is 2.01. The molecule has 0 spiro atoms. The summed E-state index contributed by atoms with van der Waals surface area (Å²) in [6.45, 7) is 10.7. The molecule has 54 heavy (non-hydrogen) atoms. The third-order valence-electron chi connectivity index (χ3n) is 9.00. The number of benzene rings is 2. The highest BCUT2D eigenvalue weighted by atomic mass is 16.5. The van der Waals surface area contributed by atoms with Crippen molar-refractivity contribution in [3.8, 4) is 11.5 Å². The van der Waals surface area contributed by atoms with Gasteiger partial charge in [-0.1, -0.05) is 57.5 Å². The minimum Gasteiger partial charge on any atom is -0.490 e. The van der Waals surface area contributed by atoms with E-state index < -0.39 is 0 Å². The van der Waals surface area contributed by atoms with Gasteiger partial charge in [-0.15, -0.1) is 0 Å². The van der Waals surface area contributed by atoms with Crippen molar-refractivity contribution in [2.75, 3.05) is 36.8 Å². The molecule has 0 saturated carbocycles. The first kappa shape index (κ1) is 41.1. The molecule has 4 heterocycles. The van der Waals surface area contributed by atoms with E-state index in [4.69, 9.17) is 9.47 Å². The average Bonchev–Trinajstić information content (AvgIpc) is 3.18. The number of nitrogens with zero attached hydrogens (tertiary/aromatic N) is 6. The topological polar surface area (TPSA) is 153 Å². The number of aromatic nitrogens is 4. The van der Waals surface area contributed by atoms with Crippen LogP contribution in [-0.4, -0.2) is 79.8 Å². The molecule has 0 atom stereocenters. The number of hydrogen-bond acceptors (Lipinski definition) is 8. The van der Waals surface area contributed by atoms with Crippen LogP contribution in [0.25, 0.3) is 0 Å². The molecule has 0 radical (unpaired) electrons. The Morgan fingerprint density at radius 3 is 1.61 bits per heavy atom. The summed E-state index contributed by atoms with van der Waals surface area (Å²) in [5.74, 6) is 2.52. The normalized spacial score (nSPS) is 14.5. The van der Waals surface area contributed by atoms with Crippen molar-refractivity contribution in [3.63, 3.8) is 0 Å². The molecule has 14 heteroatoms. The number of hydrogen-bond donors (Lipinski definition) is 2. The summed E-state index contributed by atoms with van der Waals surface area (Å²) in [6, 6.07) is 21.6. The van der Waals surface area contributed by atoms with E-state index in [0.29, 0.717) is 37.8 Å². The quantitative estimate of drug-likeness (QED) is 0.208. The van der Waals surface area contributed by atoms with E-state index in [0.717, 1.165) is 55.6 Å². The smallest absolute Gasteiger partial charge is 0.323 e. The zero-order chi connectivity index (χ0) is 39.0. The Kier molecular flexibility index (Phi) is 15.6. The maximum atomic E-state index is 12.4. The molecule has 2 aliphatic heterocycles. The zero-order valence-corrected chi connectivity index (χ0v) is 32.3. The van der Waals surface area contributed by atoms with Gasteiger partial charge in [0.15, 0.2) is 11.6 Å². The monoisotopic (exact) mass is 746 g/mol. The van der Waals surface area contributed by atoms with Gasteiger partial charge >= 0.3 is 12.1 Å². The molecule has 2 fully saturated rings. The summed E-state index contributed by atoms with van der Waals surface area (Å²) in [4.78, 5) is 50.9. The highest BCUT2D eigenvalue weighted by molar-refractivity contribution is 5.88. The standard InChI is InChI=1S/C20H26N4O3.C18H22N4O3.C2H6.2H2/c1-3-4-15-5-7-16(8-6-15)27-17-11-13-24(14-12-17)20(26)21-18-9-10-19(25)23(2)22-18;1-13-5-3-4-6-15(13)25-14-9-11-22(12-10-14)18(24)19-16-7-8-17(23)21(2)20-16;1-2;;/h5-10,17H,3-4,11-14H2,1-2H3,(H,21,22,26);3-8,14H,9-12H2,1-2H3,(H,19,20,24);1-2H3;2*1H. The van der Waals surface area contributed by atoms with Crippen molar-refractivity contribution < 1.29 is 21.9 Å². The third-order valence-corrected chi connectivity index (χ3v) is 9.00. The summed E-state index contributed by atoms with van der Waals surface area (Å²) in [6.07, 6.45) is 5.57. The lowest BCUT2D eigenvalue weighted by molar-refractivity contribution is 0.114. The van der Waals surface area contributed by atoms with Crippen LogP contribution < -0.4 is 31.2 Å². The molecular formula is C40H58N8O6. The molecule has 2 aromatic heterocycles. The number of nitrogens with one attached hydrogen (secondary N) is 2. The number of ether oxygens (including phenoxy) is 2. The van der Waals surface area contributed by atoms with Crippen molar-refractivity contribution in [1.29, 1.82) is 0 Å². The first-order chi connectivity index (χ1) is 26.1. The molecule has 14 nitrogen and oxygen atoms in total. The fourth-order valence-electron chi connectivity index (χ4n) is 5.95. The van der Waals surface area contributed by atoms with Gasteiger partial charge in [-0.3, -0.25) is 20.2 Å². The Hall–Kier alpha value is -5.66. The summed E-state index contributed by atoms with van der Waals surface area (Å²) >= 11 is 0. The number of piperidine rings is 2. The van der Waals surface area contributed by atoms with Gasteiger partial charge in [0.2, 0.25) is 0 Å². The molecule has 0 unspecified atom stereocenters. The largest absolute Gasteiger partial charge is 0.490 e.